The fourth-order valence-electron chi connectivity index (χ4n) is 1.82. The summed E-state index contributed by atoms with van der Waals surface area (Å²) in [5.74, 6) is -1.32. The summed E-state index contributed by atoms with van der Waals surface area (Å²) < 4.78 is 17.6. The van der Waals surface area contributed by atoms with Gasteiger partial charge >= 0.3 is 5.76 Å². The number of benzene rings is 2. The predicted molar refractivity (Wildman–Crippen MR) is 71.2 cm³/mol. The van der Waals surface area contributed by atoms with Crippen LogP contribution < -0.4 is 11.1 Å². The smallest absolute Gasteiger partial charge is 0.408 e. The van der Waals surface area contributed by atoms with Crippen molar-refractivity contribution in [1.82, 2.24) is 4.98 Å². The van der Waals surface area contributed by atoms with Gasteiger partial charge in [0.1, 0.15) is 5.82 Å². The number of aromatic amines is 1. The van der Waals surface area contributed by atoms with Crippen molar-refractivity contribution in [1.29, 1.82) is 0 Å². The van der Waals surface area contributed by atoms with Gasteiger partial charge in [0.05, 0.1) is 5.52 Å². The first-order valence-corrected chi connectivity index (χ1v) is 5.81. The van der Waals surface area contributed by atoms with Crippen molar-refractivity contribution in [3.63, 3.8) is 0 Å². The normalized spacial score (nSPS) is 10.7. The molecule has 5 nitrogen and oxygen atoms in total. The number of carbonyl (C=O) groups is 1. The lowest BCUT2D eigenvalue weighted by atomic mass is 10.2. The number of anilines is 1. The van der Waals surface area contributed by atoms with Gasteiger partial charge < -0.3 is 9.73 Å². The van der Waals surface area contributed by atoms with Gasteiger partial charge in [-0.15, -0.1) is 0 Å². The maximum atomic E-state index is 12.8. The van der Waals surface area contributed by atoms with Crippen LogP contribution in [0.1, 0.15) is 10.4 Å². The van der Waals surface area contributed by atoms with E-state index < -0.39 is 5.76 Å². The van der Waals surface area contributed by atoms with Gasteiger partial charge in [-0.3, -0.25) is 9.78 Å². The largest absolute Gasteiger partial charge is 0.417 e. The van der Waals surface area contributed by atoms with Crippen molar-refractivity contribution >= 4 is 22.7 Å². The monoisotopic (exact) mass is 272 g/mol. The SMILES string of the molecule is O=C(Nc1ccc(F)cc1)c1ccc2[nH]c(=O)oc2c1. The first-order chi connectivity index (χ1) is 9.61. The number of halogens is 1. The first kappa shape index (κ1) is 12.2. The van der Waals surface area contributed by atoms with Crippen LogP contribution in [0, 0.1) is 5.82 Å². The lowest BCUT2D eigenvalue weighted by molar-refractivity contribution is 0.102. The van der Waals surface area contributed by atoms with E-state index in [4.69, 9.17) is 4.42 Å². The zero-order valence-corrected chi connectivity index (χ0v) is 10.1. The van der Waals surface area contributed by atoms with Gasteiger partial charge in [-0.05, 0) is 42.5 Å². The molecule has 0 saturated heterocycles. The summed E-state index contributed by atoms with van der Waals surface area (Å²) in [6, 6.07) is 10.0. The van der Waals surface area contributed by atoms with Crippen molar-refractivity contribution in [2.24, 2.45) is 0 Å². The number of H-pyrrole nitrogens is 1. The Balaban J connectivity index is 1.88. The third kappa shape index (κ3) is 2.31. The molecular weight excluding hydrogens is 263 g/mol. The quantitative estimate of drug-likeness (QED) is 0.752. The highest BCUT2D eigenvalue weighted by molar-refractivity contribution is 6.05. The first-order valence-electron chi connectivity index (χ1n) is 5.81. The third-order valence-corrected chi connectivity index (χ3v) is 2.79. The topological polar surface area (TPSA) is 75.1 Å². The van der Waals surface area contributed by atoms with E-state index in [1.807, 2.05) is 0 Å². The number of amides is 1. The average Bonchev–Trinajstić information content (AvgIpc) is 2.80. The van der Waals surface area contributed by atoms with Gasteiger partial charge in [-0.25, -0.2) is 9.18 Å². The van der Waals surface area contributed by atoms with Crippen LogP contribution in [0.15, 0.2) is 51.7 Å². The number of carbonyl (C=O) groups excluding carboxylic acids is 1. The molecule has 0 bridgehead atoms. The van der Waals surface area contributed by atoms with Crippen molar-refractivity contribution in [3.8, 4) is 0 Å². The van der Waals surface area contributed by atoms with Gasteiger partial charge in [0.2, 0.25) is 0 Å². The van der Waals surface area contributed by atoms with Gasteiger partial charge in [-0.2, -0.15) is 0 Å². The summed E-state index contributed by atoms with van der Waals surface area (Å²) in [4.78, 5) is 25.5. The Hall–Kier alpha value is -2.89. The molecule has 0 fully saturated rings. The molecule has 1 heterocycles. The molecule has 0 atom stereocenters. The van der Waals surface area contributed by atoms with E-state index in [0.29, 0.717) is 22.4 Å². The Kier molecular flexibility index (Phi) is 2.83. The molecule has 2 N–H and O–H groups in total. The Morgan fingerprint density at radius 2 is 1.90 bits per heavy atom. The van der Waals surface area contributed by atoms with Gasteiger partial charge in [0, 0.05) is 11.3 Å². The molecule has 0 saturated carbocycles. The van der Waals surface area contributed by atoms with E-state index in [0.717, 1.165) is 0 Å². The number of hydrogen-bond acceptors (Lipinski definition) is 3. The number of oxazole rings is 1. The van der Waals surface area contributed by atoms with Crippen molar-refractivity contribution in [2.75, 3.05) is 5.32 Å². The highest BCUT2D eigenvalue weighted by Crippen LogP contribution is 2.15. The molecule has 2 aromatic carbocycles. The fraction of sp³-hybridized carbons (Fsp3) is 0. The fourth-order valence-corrected chi connectivity index (χ4v) is 1.82. The van der Waals surface area contributed by atoms with Gasteiger partial charge in [-0.1, -0.05) is 0 Å². The number of fused-ring (bicyclic) bond motifs is 1. The molecule has 0 aliphatic carbocycles. The molecule has 20 heavy (non-hydrogen) atoms. The molecule has 0 spiro atoms. The molecule has 0 radical (unpaired) electrons. The minimum Gasteiger partial charge on any atom is -0.408 e. The maximum absolute atomic E-state index is 12.8. The molecule has 0 unspecified atom stereocenters. The molecule has 3 aromatic rings. The van der Waals surface area contributed by atoms with Crippen molar-refractivity contribution < 1.29 is 13.6 Å². The summed E-state index contributed by atoms with van der Waals surface area (Å²) in [5, 5.41) is 2.62. The second-order valence-electron chi connectivity index (χ2n) is 4.19. The summed E-state index contributed by atoms with van der Waals surface area (Å²) in [7, 11) is 0. The van der Waals surface area contributed by atoms with Crippen LogP contribution in [-0.4, -0.2) is 10.9 Å². The minimum absolute atomic E-state index is 0.307. The van der Waals surface area contributed by atoms with Crippen molar-refractivity contribution in [2.45, 2.75) is 0 Å². The molecule has 0 aliphatic heterocycles. The molecule has 3 rings (SSSR count). The zero-order chi connectivity index (χ0) is 14.1. The lowest BCUT2D eigenvalue weighted by Crippen LogP contribution is -2.11. The molecule has 6 heteroatoms. The molecule has 1 aromatic heterocycles. The van der Waals surface area contributed by atoms with Crippen LogP contribution in [0.2, 0.25) is 0 Å². The second kappa shape index (κ2) is 4.65. The third-order valence-electron chi connectivity index (χ3n) is 2.79. The molecular formula is C14H9FN2O3. The summed E-state index contributed by atoms with van der Waals surface area (Å²) >= 11 is 0. The lowest BCUT2D eigenvalue weighted by Gasteiger charge is -2.04. The van der Waals surface area contributed by atoms with Crippen LogP contribution >= 0.6 is 0 Å². The highest BCUT2D eigenvalue weighted by Gasteiger charge is 2.09. The molecule has 100 valence electrons. The minimum atomic E-state index is -0.573. The van der Waals surface area contributed by atoms with Crippen LogP contribution in [0.25, 0.3) is 11.1 Å². The van der Waals surface area contributed by atoms with Crippen LogP contribution in [0.5, 0.6) is 0 Å². The maximum Gasteiger partial charge on any atom is 0.417 e. The van der Waals surface area contributed by atoms with Crippen molar-refractivity contribution in [3.05, 3.63) is 64.4 Å². The Morgan fingerprint density at radius 1 is 1.15 bits per heavy atom. The average molecular weight is 272 g/mol. The highest BCUT2D eigenvalue weighted by atomic mass is 19.1. The predicted octanol–water partition coefficient (Wildman–Crippen LogP) is 2.51. The number of rotatable bonds is 2. The standard InChI is InChI=1S/C14H9FN2O3/c15-9-2-4-10(5-3-9)16-13(18)8-1-6-11-12(7-8)20-14(19)17-11/h1-7H,(H,16,18)(H,17,19). The second-order valence-corrected chi connectivity index (χ2v) is 4.19. The number of nitrogens with one attached hydrogen (secondary N) is 2. The van der Waals surface area contributed by atoms with Gasteiger partial charge in [0.25, 0.3) is 5.91 Å². The summed E-state index contributed by atoms with van der Waals surface area (Å²) in [6.07, 6.45) is 0. The van der Waals surface area contributed by atoms with E-state index in [-0.39, 0.29) is 11.7 Å². The Bertz CT molecular complexity index is 833. The van der Waals surface area contributed by atoms with E-state index in [2.05, 4.69) is 10.3 Å². The molecule has 0 aliphatic rings. The van der Waals surface area contributed by atoms with E-state index in [9.17, 15) is 14.0 Å². The van der Waals surface area contributed by atoms with Crippen LogP contribution in [0.3, 0.4) is 0 Å². The van der Waals surface area contributed by atoms with Gasteiger partial charge in [0.15, 0.2) is 5.58 Å². The zero-order valence-electron chi connectivity index (χ0n) is 10.1. The number of aromatic nitrogens is 1. The summed E-state index contributed by atoms with van der Waals surface area (Å²) in [6.45, 7) is 0. The molecule has 1 amide bonds. The van der Waals surface area contributed by atoms with Crippen LogP contribution in [0.4, 0.5) is 10.1 Å². The Labute approximate surface area is 112 Å². The van der Waals surface area contributed by atoms with E-state index in [1.54, 1.807) is 12.1 Å². The Morgan fingerprint density at radius 3 is 2.65 bits per heavy atom. The number of hydrogen-bond donors (Lipinski definition) is 2. The summed E-state index contributed by atoms with van der Waals surface area (Å²) in [5.41, 5.74) is 1.65. The van der Waals surface area contributed by atoms with E-state index in [1.165, 1.54) is 30.3 Å². The van der Waals surface area contributed by atoms with E-state index >= 15 is 0 Å². The van der Waals surface area contributed by atoms with Crippen LogP contribution in [-0.2, 0) is 0 Å².